The Hall–Kier alpha value is -2.96. The van der Waals surface area contributed by atoms with Gasteiger partial charge in [-0.15, -0.1) is 11.3 Å². The molecular formula is C36H52N2O3S. The van der Waals surface area contributed by atoms with E-state index in [1.165, 1.54) is 11.1 Å². The van der Waals surface area contributed by atoms with E-state index in [0.29, 0.717) is 16.5 Å². The molecule has 6 heteroatoms. The molecule has 1 aromatic carbocycles. The van der Waals surface area contributed by atoms with Crippen molar-refractivity contribution in [2.45, 2.75) is 82.1 Å². The molecule has 0 aliphatic carbocycles. The maximum Gasteiger partial charge on any atom is 0.178 e. The Morgan fingerprint density at radius 3 is 2.17 bits per heavy atom. The highest BCUT2D eigenvalue weighted by molar-refractivity contribution is 7.12. The van der Waals surface area contributed by atoms with Gasteiger partial charge >= 0.3 is 0 Å². The van der Waals surface area contributed by atoms with E-state index in [1.54, 1.807) is 25.4 Å². The second-order valence-electron chi connectivity index (χ2n) is 13.6. The number of ether oxygens (including phenoxy) is 2. The number of aromatic nitrogens is 1. The fourth-order valence-electron chi connectivity index (χ4n) is 4.19. The summed E-state index contributed by atoms with van der Waals surface area (Å²) in [6.07, 6.45) is 5.73. The predicted octanol–water partition coefficient (Wildman–Crippen LogP) is 9.47. The van der Waals surface area contributed by atoms with Gasteiger partial charge in [-0.3, -0.25) is 4.79 Å². The maximum absolute atomic E-state index is 12.3. The Kier molecular flexibility index (Phi) is 13.0. The zero-order valence-corrected chi connectivity index (χ0v) is 28.8. The Labute approximate surface area is 258 Å². The van der Waals surface area contributed by atoms with E-state index in [9.17, 15) is 4.79 Å². The van der Waals surface area contributed by atoms with E-state index in [4.69, 9.17) is 9.47 Å². The van der Waals surface area contributed by atoms with Gasteiger partial charge in [-0.2, -0.15) is 0 Å². The summed E-state index contributed by atoms with van der Waals surface area (Å²) < 4.78 is 12.7. The number of aliphatic imine (C=N–C) groups is 1. The maximum atomic E-state index is 12.3. The Morgan fingerprint density at radius 1 is 1.12 bits per heavy atom. The van der Waals surface area contributed by atoms with Crippen molar-refractivity contribution in [2.75, 3.05) is 20.3 Å². The van der Waals surface area contributed by atoms with Crippen LogP contribution in [0.1, 0.15) is 84.7 Å². The topological polar surface area (TPSA) is 52.8 Å². The van der Waals surface area contributed by atoms with E-state index in [1.807, 2.05) is 49.2 Å². The van der Waals surface area contributed by atoms with Crippen LogP contribution in [-0.4, -0.2) is 36.4 Å². The van der Waals surface area contributed by atoms with Gasteiger partial charge in [-0.25, -0.2) is 4.99 Å². The Bertz CT molecular complexity index is 1360. The van der Waals surface area contributed by atoms with Gasteiger partial charge in [-0.05, 0) is 85.4 Å². The summed E-state index contributed by atoms with van der Waals surface area (Å²) in [6.45, 7) is 22.7. The van der Waals surface area contributed by atoms with Gasteiger partial charge in [0.05, 0.1) is 26.0 Å². The standard InChI is InChI=1S/C26H30N2O2S.C5H10O.C5H12/c1-17(26(20(4)29)27-19(3)25-8-7-13-31-25)9-10-21-15-24(30-6)23(14-18(21)2)22-11-12-28(5)16-22;1-5(2)3-6-4-5;1-5(2,3)4/h7-8,11-16H,9-10H2,1-6H3;3-4H2,1-2H3;1-4H3/b26-17+,27-19?;;. The zero-order valence-electron chi connectivity index (χ0n) is 28.0. The van der Waals surface area contributed by atoms with Gasteiger partial charge in [0.2, 0.25) is 0 Å². The average Bonchev–Trinajstić information content (AvgIpc) is 3.57. The quantitative estimate of drug-likeness (QED) is 0.193. The van der Waals surface area contributed by atoms with Crippen molar-refractivity contribution in [3.8, 4) is 16.9 Å². The van der Waals surface area contributed by atoms with E-state index in [0.717, 1.165) is 59.1 Å². The lowest BCUT2D eigenvalue weighted by molar-refractivity contribution is -0.113. The SMILES string of the molecule is CC(C)(C)C.CC1(C)COC1.COc1cc(CC/C(C)=C(/N=C(C)c2cccs2)C(C)=O)c(C)cc1-c1ccn(C)c1. The molecule has 0 amide bonds. The van der Waals surface area contributed by atoms with Crippen molar-refractivity contribution in [1.29, 1.82) is 0 Å². The molecule has 1 aliphatic rings. The molecule has 1 fully saturated rings. The van der Waals surface area contributed by atoms with Crippen molar-refractivity contribution >= 4 is 22.8 Å². The monoisotopic (exact) mass is 592 g/mol. The normalized spacial score (nSPS) is 14.9. The number of ketones is 1. The summed E-state index contributed by atoms with van der Waals surface area (Å²) in [7, 11) is 3.73. The molecule has 42 heavy (non-hydrogen) atoms. The minimum atomic E-state index is 0.00198. The smallest absolute Gasteiger partial charge is 0.178 e. The number of allylic oxidation sites excluding steroid dienone is 2. The van der Waals surface area contributed by atoms with Crippen LogP contribution in [0.25, 0.3) is 11.1 Å². The number of carbonyl (C=O) groups excluding carboxylic acids is 1. The summed E-state index contributed by atoms with van der Waals surface area (Å²) in [5, 5.41) is 2.02. The third kappa shape index (κ3) is 11.7. The van der Waals surface area contributed by atoms with Gasteiger partial charge in [-0.1, -0.05) is 47.6 Å². The van der Waals surface area contributed by atoms with E-state index >= 15 is 0 Å². The van der Waals surface area contributed by atoms with Gasteiger partial charge in [0, 0.05) is 47.8 Å². The van der Waals surface area contributed by atoms with Crippen molar-refractivity contribution in [3.05, 3.63) is 75.4 Å². The molecule has 0 unspecified atom stereocenters. The molecule has 3 aromatic rings. The number of benzene rings is 1. The van der Waals surface area contributed by atoms with Crippen LogP contribution in [-0.2, 0) is 23.0 Å². The summed E-state index contributed by atoms with van der Waals surface area (Å²) in [4.78, 5) is 18.0. The lowest BCUT2D eigenvalue weighted by atomic mass is 9.92. The van der Waals surface area contributed by atoms with Crippen LogP contribution < -0.4 is 4.74 Å². The van der Waals surface area contributed by atoms with E-state index < -0.39 is 0 Å². The largest absolute Gasteiger partial charge is 0.496 e. The molecule has 0 N–H and O–H groups in total. The molecule has 1 aliphatic heterocycles. The number of nitrogens with zero attached hydrogens (tertiary/aromatic N) is 2. The number of Topliss-reactive ketones (excluding diaryl/α,β-unsaturated/α-hetero) is 1. The van der Waals surface area contributed by atoms with Crippen molar-refractivity contribution in [3.63, 3.8) is 0 Å². The van der Waals surface area contributed by atoms with Crippen LogP contribution in [0.15, 0.2) is 64.4 Å². The molecule has 230 valence electrons. The molecule has 2 aromatic heterocycles. The summed E-state index contributed by atoms with van der Waals surface area (Å²) in [6, 6.07) is 10.4. The van der Waals surface area contributed by atoms with Crippen LogP contribution in [0.3, 0.4) is 0 Å². The van der Waals surface area contributed by atoms with Crippen LogP contribution in [0, 0.1) is 17.8 Å². The van der Waals surface area contributed by atoms with Gasteiger partial charge in [0.25, 0.3) is 0 Å². The highest BCUT2D eigenvalue weighted by Gasteiger charge is 2.26. The first kappa shape index (κ1) is 35.2. The van der Waals surface area contributed by atoms with Gasteiger partial charge < -0.3 is 14.0 Å². The first-order valence-electron chi connectivity index (χ1n) is 14.7. The Morgan fingerprint density at radius 2 is 1.74 bits per heavy atom. The second-order valence-corrected chi connectivity index (χ2v) is 14.5. The van der Waals surface area contributed by atoms with Crippen LogP contribution in [0.2, 0.25) is 0 Å². The van der Waals surface area contributed by atoms with Crippen LogP contribution in [0.4, 0.5) is 0 Å². The molecule has 4 rings (SSSR count). The third-order valence-electron chi connectivity index (χ3n) is 6.45. The van der Waals surface area contributed by atoms with Crippen LogP contribution in [0.5, 0.6) is 5.75 Å². The molecule has 0 radical (unpaired) electrons. The predicted molar refractivity (Wildman–Crippen MR) is 180 cm³/mol. The lowest BCUT2D eigenvalue weighted by Crippen LogP contribution is -2.36. The molecule has 1 saturated heterocycles. The zero-order chi connectivity index (χ0) is 31.7. The lowest BCUT2D eigenvalue weighted by Gasteiger charge is -2.33. The number of methoxy groups -OCH3 is 1. The number of rotatable bonds is 8. The summed E-state index contributed by atoms with van der Waals surface area (Å²) >= 11 is 1.63. The molecular weight excluding hydrogens is 540 g/mol. The number of aryl methyl sites for hydroxylation is 3. The van der Waals surface area contributed by atoms with Crippen molar-refractivity contribution in [1.82, 2.24) is 4.57 Å². The highest BCUT2D eigenvalue weighted by atomic mass is 32.1. The summed E-state index contributed by atoms with van der Waals surface area (Å²) in [5.41, 5.74) is 8.13. The molecule has 0 saturated carbocycles. The van der Waals surface area contributed by atoms with E-state index in [-0.39, 0.29) is 5.78 Å². The van der Waals surface area contributed by atoms with Crippen molar-refractivity contribution < 1.29 is 14.3 Å². The molecule has 0 spiro atoms. The molecule has 0 bridgehead atoms. The first-order chi connectivity index (χ1) is 19.5. The molecule has 5 nitrogen and oxygen atoms in total. The highest BCUT2D eigenvalue weighted by Crippen LogP contribution is 2.34. The number of hydrogen-bond acceptors (Lipinski definition) is 5. The third-order valence-corrected chi connectivity index (χ3v) is 7.43. The van der Waals surface area contributed by atoms with Crippen LogP contribution >= 0.6 is 11.3 Å². The molecule has 0 atom stereocenters. The fourth-order valence-corrected chi connectivity index (χ4v) is 4.87. The first-order valence-corrected chi connectivity index (χ1v) is 15.6. The van der Waals surface area contributed by atoms with Crippen molar-refractivity contribution in [2.24, 2.45) is 22.9 Å². The summed E-state index contributed by atoms with van der Waals surface area (Å²) in [5.74, 6) is 0.869. The number of thiophene rings is 1. The van der Waals surface area contributed by atoms with Gasteiger partial charge in [0.15, 0.2) is 5.78 Å². The second kappa shape index (κ2) is 15.5. The van der Waals surface area contributed by atoms with E-state index in [2.05, 4.69) is 77.9 Å². The average molecular weight is 593 g/mol. The van der Waals surface area contributed by atoms with Gasteiger partial charge in [0.1, 0.15) is 11.4 Å². The number of hydrogen-bond donors (Lipinski definition) is 0. The minimum absolute atomic E-state index is 0.00198. The Balaban J connectivity index is 0.000000469. The fraction of sp³-hybridized carbons (Fsp3) is 0.500. The molecule has 3 heterocycles. The number of carbonyl (C=O) groups is 1. The minimum Gasteiger partial charge on any atom is -0.496 e.